The lowest BCUT2D eigenvalue weighted by atomic mass is 10.1. The zero-order valence-corrected chi connectivity index (χ0v) is 14.0. The van der Waals surface area contributed by atoms with Crippen LogP contribution in [0.25, 0.3) is 21.5 Å². The fourth-order valence-corrected chi connectivity index (χ4v) is 5.05. The molecule has 0 aliphatic heterocycles. The molecule has 0 heterocycles. The molecule has 0 aromatic heterocycles. The van der Waals surface area contributed by atoms with E-state index in [0.717, 1.165) is 10.8 Å². The van der Waals surface area contributed by atoms with Crippen LogP contribution in [0.5, 0.6) is 0 Å². The van der Waals surface area contributed by atoms with Crippen LogP contribution in [0, 0.1) is 0 Å². The van der Waals surface area contributed by atoms with Gasteiger partial charge < -0.3 is 0 Å². The minimum absolute atomic E-state index is 0.0666. The van der Waals surface area contributed by atoms with Crippen molar-refractivity contribution in [3.05, 3.63) is 84.4 Å². The van der Waals surface area contributed by atoms with Crippen molar-refractivity contribution in [3.63, 3.8) is 0 Å². The van der Waals surface area contributed by atoms with Gasteiger partial charge in [0.2, 0.25) is 9.84 Å². The Morgan fingerprint density at radius 3 is 1.96 bits per heavy atom. The van der Waals surface area contributed by atoms with E-state index in [0.29, 0.717) is 17.1 Å². The Morgan fingerprint density at radius 1 is 0.640 bits per heavy atom. The van der Waals surface area contributed by atoms with Crippen LogP contribution in [-0.2, 0) is 9.84 Å². The molecule has 0 fully saturated rings. The maximum Gasteiger partial charge on any atom is 0.208 e. The van der Waals surface area contributed by atoms with Crippen LogP contribution in [0.3, 0.4) is 0 Å². The molecule has 0 N–H and O–H groups in total. The minimum atomic E-state index is -3.87. The first-order valence-electron chi connectivity index (χ1n) is 7.83. The molecule has 0 unspecified atom stereocenters. The second-order valence-corrected chi connectivity index (χ2v) is 7.66. The molecule has 122 valence electrons. The lowest BCUT2D eigenvalue weighted by Gasteiger charge is -2.13. The summed E-state index contributed by atoms with van der Waals surface area (Å²) in [5, 5.41) is 2.83. The van der Waals surface area contributed by atoms with Crippen LogP contribution < -0.4 is 0 Å². The molecule has 0 radical (unpaired) electrons. The van der Waals surface area contributed by atoms with Gasteiger partial charge in [0.1, 0.15) is 0 Å². The van der Waals surface area contributed by atoms with Gasteiger partial charge in [-0.05, 0) is 22.9 Å². The minimum Gasteiger partial charge on any atom is -0.298 e. The van der Waals surface area contributed by atoms with Crippen molar-refractivity contribution >= 4 is 37.7 Å². The average molecular weight is 346 g/mol. The highest BCUT2D eigenvalue weighted by molar-refractivity contribution is 7.92. The molecule has 0 saturated carbocycles. The predicted molar refractivity (Wildman–Crippen MR) is 98.7 cm³/mol. The number of fused-ring (bicyclic) bond motifs is 2. The van der Waals surface area contributed by atoms with Gasteiger partial charge in [0.05, 0.1) is 9.79 Å². The summed E-state index contributed by atoms with van der Waals surface area (Å²) in [6, 6.07) is 23.1. The van der Waals surface area contributed by atoms with Crippen LogP contribution >= 0.6 is 0 Å². The number of rotatable bonds is 3. The quantitative estimate of drug-likeness (QED) is 0.508. The Kier molecular flexibility index (Phi) is 3.62. The second-order valence-electron chi connectivity index (χ2n) is 5.80. The Hall–Kier alpha value is -2.98. The highest BCUT2D eigenvalue weighted by Gasteiger charge is 2.25. The van der Waals surface area contributed by atoms with Crippen molar-refractivity contribution in [2.75, 3.05) is 0 Å². The highest BCUT2D eigenvalue weighted by Crippen LogP contribution is 2.34. The summed E-state index contributed by atoms with van der Waals surface area (Å²) in [7, 11) is -3.87. The molecule has 0 spiro atoms. The molecule has 25 heavy (non-hydrogen) atoms. The number of aldehydes is 1. The van der Waals surface area contributed by atoms with Gasteiger partial charge in [-0.15, -0.1) is 0 Å². The van der Waals surface area contributed by atoms with Crippen LogP contribution in [0.4, 0.5) is 0 Å². The van der Waals surface area contributed by atoms with Crippen LogP contribution in [0.2, 0.25) is 0 Å². The molecule has 3 nitrogen and oxygen atoms in total. The number of benzene rings is 4. The number of carbonyl (C=O) groups is 1. The third-order valence-electron chi connectivity index (χ3n) is 4.34. The van der Waals surface area contributed by atoms with Gasteiger partial charge in [-0.1, -0.05) is 66.7 Å². The molecule has 0 aliphatic rings. The summed E-state index contributed by atoms with van der Waals surface area (Å²) in [6.45, 7) is 0. The third-order valence-corrected chi connectivity index (χ3v) is 6.27. The molecular weight excluding hydrogens is 332 g/mol. The Bertz CT molecular complexity index is 1220. The monoisotopic (exact) mass is 346 g/mol. The van der Waals surface area contributed by atoms with E-state index >= 15 is 0 Å². The van der Waals surface area contributed by atoms with E-state index in [1.165, 1.54) is 0 Å². The summed E-state index contributed by atoms with van der Waals surface area (Å²) >= 11 is 0. The van der Waals surface area contributed by atoms with Gasteiger partial charge in [-0.2, -0.15) is 0 Å². The number of hydrogen-bond donors (Lipinski definition) is 0. The number of sulfone groups is 1. The zero-order valence-electron chi connectivity index (χ0n) is 13.2. The van der Waals surface area contributed by atoms with Crippen LogP contribution in [-0.4, -0.2) is 14.7 Å². The maximum atomic E-state index is 13.5. The van der Waals surface area contributed by atoms with E-state index in [9.17, 15) is 13.2 Å². The van der Waals surface area contributed by atoms with Gasteiger partial charge >= 0.3 is 0 Å². The maximum absolute atomic E-state index is 13.5. The van der Waals surface area contributed by atoms with Gasteiger partial charge in [0, 0.05) is 16.3 Å². The van der Waals surface area contributed by atoms with E-state index in [2.05, 4.69) is 0 Å². The molecule has 4 aromatic rings. The molecular formula is C21H14O3S. The van der Waals surface area contributed by atoms with Crippen LogP contribution in [0.15, 0.2) is 88.7 Å². The van der Waals surface area contributed by atoms with Crippen molar-refractivity contribution in [2.45, 2.75) is 9.79 Å². The predicted octanol–water partition coefficient (Wildman–Crippen LogP) is 4.64. The Labute approximate surface area is 145 Å². The Morgan fingerprint density at radius 2 is 1.24 bits per heavy atom. The summed E-state index contributed by atoms with van der Waals surface area (Å²) < 4.78 is 27.0. The van der Waals surface area contributed by atoms with E-state index in [-0.39, 0.29) is 15.4 Å². The topological polar surface area (TPSA) is 51.2 Å². The molecule has 0 atom stereocenters. The van der Waals surface area contributed by atoms with Gasteiger partial charge in [0.25, 0.3) is 0 Å². The molecule has 4 aromatic carbocycles. The fraction of sp³-hybridized carbons (Fsp3) is 0. The first-order chi connectivity index (χ1) is 12.1. The molecule has 0 aliphatic carbocycles. The normalized spacial score (nSPS) is 11.7. The molecule has 0 bridgehead atoms. The van der Waals surface area contributed by atoms with Gasteiger partial charge in [-0.25, -0.2) is 8.42 Å². The van der Waals surface area contributed by atoms with E-state index in [1.54, 1.807) is 42.5 Å². The van der Waals surface area contributed by atoms with Crippen molar-refractivity contribution < 1.29 is 13.2 Å². The summed E-state index contributed by atoms with van der Waals surface area (Å²) in [4.78, 5) is 11.8. The highest BCUT2D eigenvalue weighted by atomic mass is 32.2. The van der Waals surface area contributed by atoms with Gasteiger partial charge in [0.15, 0.2) is 6.29 Å². The molecule has 0 amide bonds. The molecule has 4 rings (SSSR count). The first kappa shape index (κ1) is 15.5. The summed E-state index contributed by atoms with van der Waals surface area (Å²) in [6.07, 6.45) is 0.602. The van der Waals surface area contributed by atoms with Crippen molar-refractivity contribution in [3.8, 4) is 0 Å². The lowest BCUT2D eigenvalue weighted by molar-refractivity contribution is 0.112. The van der Waals surface area contributed by atoms with Gasteiger partial charge in [-0.3, -0.25) is 4.79 Å². The SMILES string of the molecule is O=Cc1ccc2ccccc2c1S(=O)(=O)c1cccc2ccccc12. The average Bonchev–Trinajstić information content (AvgIpc) is 2.66. The molecule has 4 heteroatoms. The Balaban J connectivity index is 2.13. The lowest BCUT2D eigenvalue weighted by Crippen LogP contribution is -2.07. The van der Waals surface area contributed by atoms with Crippen molar-refractivity contribution in [2.24, 2.45) is 0 Å². The van der Waals surface area contributed by atoms with Crippen LogP contribution in [0.1, 0.15) is 10.4 Å². The molecule has 0 saturated heterocycles. The largest absolute Gasteiger partial charge is 0.298 e. The number of carbonyl (C=O) groups excluding carboxylic acids is 1. The van der Waals surface area contributed by atoms with E-state index in [1.807, 2.05) is 36.4 Å². The smallest absolute Gasteiger partial charge is 0.208 e. The van der Waals surface area contributed by atoms with Crippen molar-refractivity contribution in [1.29, 1.82) is 0 Å². The number of hydrogen-bond acceptors (Lipinski definition) is 3. The summed E-state index contributed by atoms with van der Waals surface area (Å²) in [5.41, 5.74) is 0.173. The third kappa shape index (κ3) is 2.42. The standard InChI is InChI=1S/C21H14O3S/c22-14-17-13-12-16-7-2-4-10-19(16)21(17)25(23,24)20-11-5-8-15-6-1-3-9-18(15)20/h1-14H. The fourth-order valence-electron chi connectivity index (χ4n) is 3.19. The zero-order chi connectivity index (χ0) is 17.4. The van der Waals surface area contributed by atoms with E-state index in [4.69, 9.17) is 0 Å². The first-order valence-corrected chi connectivity index (χ1v) is 9.31. The summed E-state index contributed by atoms with van der Waals surface area (Å²) in [5.74, 6) is 0. The van der Waals surface area contributed by atoms with E-state index < -0.39 is 9.84 Å². The second kappa shape index (κ2) is 5.83. The van der Waals surface area contributed by atoms with Crippen molar-refractivity contribution in [1.82, 2.24) is 0 Å².